The van der Waals surface area contributed by atoms with Crippen molar-refractivity contribution in [2.45, 2.75) is 20.4 Å². The molecule has 0 spiro atoms. The molecule has 1 fully saturated rings. The van der Waals surface area contributed by atoms with Gasteiger partial charge in [0.2, 0.25) is 6.79 Å². The van der Waals surface area contributed by atoms with Crippen LogP contribution in [0.5, 0.6) is 11.5 Å². The third-order valence-electron chi connectivity index (χ3n) is 4.53. The van der Waals surface area contributed by atoms with E-state index in [1.54, 1.807) is 4.31 Å². The standard InChI is InChI=1S/C16H25N3O4S/c1-3-18(4-2)24(20,21)19-9-7-17(8-10-19)12-14-5-6-15-16(11-14)23-13-22-15/h5-6,11H,3-4,7-10,12-13H2,1-2H3. The second-order valence-electron chi connectivity index (χ2n) is 5.95. The number of benzene rings is 1. The molecule has 0 saturated carbocycles. The Bertz CT molecular complexity index is 668. The van der Waals surface area contributed by atoms with E-state index in [4.69, 9.17) is 9.47 Å². The summed E-state index contributed by atoms with van der Waals surface area (Å²) >= 11 is 0. The number of ether oxygens (including phenoxy) is 2. The highest BCUT2D eigenvalue weighted by atomic mass is 32.2. The molecule has 8 heteroatoms. The van der Waals surface area contributed by atoms with Crippen LogP contribution in [-0.4, -0.2) is 68.0 Å². The molecule has 2 aliphatic rings. The monoisotopic (exact) mass is 355 g/mol. The van der Waals surface area contributed by atoms with Crippen LogP contribution in [0.3, 0.4) is 0 Å². The lowest BCUT2D eigenvalue weighted by Gasteiger charge is -2.36. The van der Waals surface area contributed by atoms with E-state index >= 15 is 0 Å². The van der Waals surface area contributed by atoms with Crippen LogP contribution in [-0.2, 0) is 16.8 Å². The normalized spacial score (nSPS) is 19.1. The average molecular weight is 355 g/mol. The summed E-state index contributed by atoms with van der Waals surface area (Å²) in [6.45, 7) is 8.35. The molecule has 2 heterocycles. The first-order valence-electron chi connectivity index (χ1n) is 8.40. The highest BCUT2D eigenvalue weighted by Crippen LogP contribution is 2.32. The van der Waals surface area contributed by atoms with Crippen molar-refractivity contribution < 1.29 is 17.9 Å². The first kappa shape index (κ1) is 17.5. The molecule has 24 heavy (non-hydrogen) atoms. The topological polar surface area (TPSA) is 62.3 Å². The van der Waals surface area contributed by atoms with Crippen molar-refractivity contribution in [2.24, 2.45) is 0 Å². The van der Waals surface area contributed by atoms with E-state index in [1.165, 1.54) is 4.31 Å². The Morgan fingerprint density at radius 1 is 1.04 bits per heavy atom. The van der Waals surface area contributed by atoms with Gasteiger partial charge in [0.25, 0.3) is 10.2 Å². The molecular weight excluding hydrogens is 330 g/mol. The average Bonchev–Trinajstić information content (AvgIpc) is 3.04. The van der Waals surface area contributed by atoms with Crippen LogP contribution < -0.4 is 9.47 Å². The van der Waals surface area contributed by atoms with E-state index in [1.807, 2.05) is 32.0 Å². The molecule has 0 unspecified atom stereocenters. The summed E-state index contributed by atoms with van der Waals surface area (Å²) in [5.74, 6) is 1.57. The van der Waals surface area contributed by atoms with Crippen LogP contribution >= 0.6 is 0 Å². The maximum absolute atomic E-state index is 12.5. The van der Waals surface area contributed by atoms with Crippen LogP contribution in [0.2, 0.25) is 0 Å². The lowest BCUT2D eigenvalue weighted by atomic mass is 10.2. The van der Waals surface area contributed by atoms with Gasteiger partial charge in [-0.25, -0.2) is 0 Å². The Morgan fingerprint density at radius 2 is 1.71 bits per heavy atom. The maximum Gasteiger partial charge on any atom is 0.282 e. The Kier molecular flexibility index (Phi) is 5.29. The van der Waals surface area contributed by atoms with E-state index in [0.29, 0.717) is 26.2 Å². The summed E-state index contributed by atoms with van der Waals surface area (Å²) in [4.78, 5) is 2.27. The van der Waals surface area contributed by atoms with Crippen LogP contribution in [0, 0.1) is 0 Å². The van der Waals surface area contributed by atoms with E-state index in [9.17, 15) is 8.42 Å². The minimum Gasteiger partial charge on any atom is -0.454 e. The molecule has 0 aromatic heterocycles. The van der Waals surface area contributed by atoms with Gasteiger partial charge in [-0.1, -0.05) is 19.9 Å². The predicted molar refractivity (Wildman–Crippen MR) is 91.3 cm³/mol. The van der Waals surface area contributed by atoms with Gasteiger partial charge in [-0.05, 0) is 17.7 Å². The second-order valence-corrected chi connectivity index (χ2v) is 7.88. The zero-order valence-corrected chi connectivity index (χ0v) is 15.1. The maximum atomic E-state index is 12.5. The summed E-state index contributed by atoms with van der Waals surface area (Å²) in [6, 6.07) is 5.96. The molecule has 134 valence electrons. The van der Waals surface area contributed by atoms with Gasteiger partial charge in [0.05, 0.1) is 0 Å². The van der Waals surface area contributed by atoms with Crippen LogP contribution in [0.1, 0.15) is 19.4 Å². The summed E-state index contributed by atoms with van der Waals surface area (Å²) < 4.78 is 38.9. The van der Waals surface area contributed by atoms with Crippen LogP contribution in [0.4, 0.5) is 0 Å². The van der Waals surface area contributed by atoms with Gasteiger partial charge in [-0.3, -0.25) is 4.90 Å². The number of fused-ring (bicyclic) bond motifs is 1. The Balaban J connectivity index is 1.57. The highest BCUT2D eigenvalue weighted by molar-refractivity contribution is 7.86. The van der Waals surface area contributed by atoms with Crippen molar-refractivity contribution in [3.63, 3.8) is 0 Å². The Morgan fingerprint density at radius 3 is 2.38 bits per heavy atom. The molecule has 0 amide bonds. The van der Waals surface area contributed by atoms with Crippen LogP contribution in [0.15, 0.2) is 18.2 Å². The number of hydrogen-bond donors (Lipinski definition) is 0. The van der Waals surface area contributed by atoms with E-state index in [2.05, 4.69) is 4.90 Å². The molecule has 1 aromatic rings. The minimum absolute atomic E-state index is 0.278. The van der Waals surface area contributed by atoms with Gasteiger partial charge < -0.3 is 9.47 Å². The quantitative estimate of drug-likeness (QED) is 0.765. The first-order valence-corrected chi connectivity index (χ1v) is 9.80. The molecular formula is C16H25N3O4S. The fourth-order valence-corrected chi connectivity index (χ4v) is 4.73. The molecule has 0 radical (unpaired) electrons. The van der Waals surface area contributed by atoms with E-state index in [0.717, 1.165) is 36.7 Å². The molecule has 2 aliphatic heterocycles. The van der Waals surface area contributed by atoms with E-state index in [-0.39, 0.29) is 6.79 Å². The number of hydrogen-bond acceptors (Lipinski definition) is 5. The van der Waals surface area contributed by atoms with Crippen LogP contribution in [0.25, 0.3) is 0 Å². The smallest absolute Gasteiger partial charge is 0.282 e. The predicted octanol–water partition coefficient (Wildman–Crippen LogP) is 1.12. The summed E-state index contributed by atoms with van der Waals surface area (Å²) in [6.07, 6.45) is 0. The summed E-state index contributed by atoms with van der Waals surface area (Å²) in [5, 5.41) is 0. The Labute approximate surface area is 143 Å². The van der Waals surface area contributed by atoms with Crippen molar-refractivity contribution in [3.8, 4) is 11.5 Å². The van der Waals surface area contributed by atoms with Crippen molar-refractivity contribution in [2.75, 3.05) is 46.1 Å². The Hall–Kier alpha value is -1.35. The molecule has 0 atom stereocenters. The fourth-order valence-electron chi connectivity index (χ4n) is 3.13. The van der Waals surface area contributed by atoms with Crippen molar-refractivity contribution in [3.05, 3.63) is 23.8 Å². The fraction of sp³-hybridized carbons (Fsp3) is 0.625. The molecule has 1 saturated heterocycles. The molecule has 7 nitrogen and oxygen atoms in total. The van der Waals surface area contributed by atoms with Gasteiger partial charge in [0, 0.05) is 45.8 Å². The van der Waals surface area contributed by atoms with Gasteiger partial charge in [0.1, 0.15) is 0 Å². The number of rotatable bonds is 6. The number of piperazine rings is 1. The first-order chi connectivity index (χ1) is 11.5. The van der Waals surface area contributed by atoms with Gasteiger partial charge in [0.15, 0.2) is 11.5 Å². The molecule has 0 aliphatic carbocycles. The van der Waals surface area contributed by atoms with Crippen molar-refractivity contribution in [1.82, 2.24) is 13.5 Å². The minimum atomic E-state index is -3.33. The lowest BCUT2D eigenvalue weighted by Crippen LogP contribution is -2.52. The van der Waals surface area contributed by atoms with Crippen molar-refractivity contribution >= 4 is 10.2 Å². The molecule has 3 rings (SSSR count). The molecule has 0 bridgehead atoms. The SMILES string of the molecule is CCN(CC)S(=O)(=O)N1CCN(Cc2ccc3c(c2)OCO3)CC1. The zero-order chi connectivity index (χ0) is 17.2. The third kappa shape index (κ3) is 3.51. The third-order valence-corrected chi connectivity index (χ3v) is 6.72. The summed E-state index contributed by atoms with van der Waals surface area (Å²) in [5.41, 5.74) is 1.15. The number of nitrogens with zero attached hydrogens (tertiary/aromatic N) is 3. The van der Waals surface area contributed by atoms with Gasteiger partial charge >= 0.3 is 0 Å². The second kappa shape index (κ2) is 7.26. The van der Waals surface area contributed by atoms with Crippen molar-refractivity contribution in [1.29, 1.82) is 0 Å². The largest absolute Gasteiger partial charge is 0.454 e. The highest BCUT2D eigenvalue weighted by Gasteiger charge is 2.30. The summed E-state index contributed by atoms with van der Waals surface area (Å²) in [7, 11) is -3.33. The lowest BCUT2D eigenvalue weighted by molar-refractivity contribution is 0.172. The zero-order valence-electron chi connectivity index (χ0n) is 14.3. The molecule has 0 N–H and O–H groups in total. The van der Waals surface area contributed by atoms with Gasteiger partial charge in [-0.15, -0.1) is 0 Å². The molecule has 1 aromatic carbocycles. The van der Waals surface area contributed by atoms with E-state index < -0.39 is 10.2 Å². The van der Waals surface area contributed by atoms with Gasteiger partial charge in [-0.2, -0.15) is 17.0 Å².